The Labute approximate surface area is 120 Å². The predicted molar refractivity (Wildman–Crippen MR) is 81.4 cm³/mol. The molecule has 2 aliphatic rings. The third kappa shape index (κ3) is 2.38. The van der Waals surface area contributed by atoms with Gasteiger partial charge >= 0.3 is 0 Å². The first-order chi connectivity index (χ1) is 9.66. The third-order valence-electron chi connectivity index (χ3n) is 4.53. The molecule has 3 N–H and O–H groups in total. The molecule has 3 rings (SSSR count). The SMILES string of the molecule is Cc1ccnc(N2CCC(N3CCCC3)C2)c1C(=N)N. The lowest BCUT2D eigenvalue weighted by Gasteiger charge is -2.25. The second-order valence-electron chi connectivity index (χ2n) is 5.87. The molecule has 1 aromatic heterocycles. The Morgan fingerprint density at radius 3 is 2.80 bits per heavy atom. The van der Waals surface area contributed by atoms with E-state index in [-0.39, 0.29) is 5.84 Å². The van der Waals surface area contributed by atoms with Crippen LogP contribution in [0.3, 0.4) is 0 Å². The number of rotatable bonds is 3. The maximum atomic E-state index is 7.80. The lowest BCUT2D eigenvalue weighted by molar-refractivity contribution is 0.260. The van der Waals surface area contributed by atoms with Gasteiger partial charge in [-0.3, -0.25) is 10.3 Å². The molecule has 20 heavy (non-hydrogen) atoms. The molecule has 2 saturated heterocycles. The minimum absolute atomic E-state index is 0.121. The highest BCUT2D eigenvalue weighted by atomic mass is 15.3. The molecule has 0 aromatic carbocycles. The Morgan fingerprint density at radius 2 is 2.10 bits per heavy atom. The summed E-state index contributed by atoms with van der Waals surface area (Å²) >= 11 is 0. The third-order valence-corrected chi connectivity index (χ3v) is 4.53. The average Bonchev–Trinajstić information content (AvgIpc) is 3.09. The van der Waals surface area contributed by atoms with E-state index in [4.69, 9.17) is 11.1 Å². The van der Waals surface area contributed by atoms with Crippen molar-refractivity contribution in [2.24, 2.45) is 5.73 Å². The number of anilines is 1. The zero-order valence-corrected chi connectivity index (χ0v) is 12.1. The minimum atomic E-state index is 0.121. The second kappa shape index (κ2) is 5.40. The highest BCUT2D eigenvalue weighted by Crippen LogP contribution is 2.27. The minimum Gasteiger partial charge on any atom is -0.384 e. The quantitative estimate of drug-likeness (QED) is 0.644. The van der Waals surface area contributed by atoms with E-state index in [0.717, 1.165) is 30.0 Å². The van der Waals surface area contributed by atoms with E-state index in [1.54, 1.807) is 0 Å². The van der Waals surface area contributed by atoms with Crippen LogP contribution in [0.4, 0.5) is 5.82 Å². The van der Waals surface area contributed by atoms with Gasteiger partial charge in [0.25, 0.3) is 0 Å². The normalized spacial score (nSPS) is 23.4. The summed E-state index contributed by atoms with van der Waals surface area (Å²) in [7, 11) is 0. The number of aryl methyl sites for hydroxylation is 1. The smallest absolute Gasteiger partial charge is 0.139 e. The number of hydrogen-bond acceptors (Lipinski definition) is 4. The highest BCUT2D eigenvalue weighted by Gasteiger charge is 2.31. The molecule has 0 saturated carbocycles. The molecule has 2 aliphatic heterocycles. The van der Waals surface area contributed by atoms with Gasteiger partial charge in [-0.05, 0) is 50.9 Å². The number of aromatic nitrogens is 1. The maximum absolute atomic E-state index is 7.80. The summed E-state index contributed by atoms with van der Waals surface area (Å²) in [6.45, 7) is 6.49. The second-order valence-corrected chi connectivity index (χ2v) is 5.87. The van der Waals surface area contributed by atoms with Gasteiger partial charge in [-0.2, -0.15) is 0 Å². The topological polar surface area (TPSA) is 69.2 Å². The van der Waals surface area contributed by atoms with Crippen molar-refractivity contribution in [3.8, 4) is 0 Å². The molecular weight excluding hydrogens is 250 g/mol. The van der Waals surface area contributed by atoms with Crippen LogP contribution in [0.2, 0.25) is 0 Å². The van der Waals surface area contributed by atoms with Crippen LogP contribution in [0.25, 0.3) is 0 Å². The van der Waals surface area contributed by atoms with Crippen LogP contribution in [0.1, 0.15) is 30.4 Å². The summed E-state index contributed by atoms with van der Waals surface area (Å²) in [5.41, 5.74) is 7.58. The van der Waals surface area contributed by atoms with E-state index in [1.807, 2.05) is 19.2 Å². The van der Waals surface area contributed by atoms with Gasteiger partial charge in [0.1, 0.15) is 11.7 Å². The molecule has 1 unspecified atom stereocenters. The molecule has 5 heteroatoms. The zero-order chi connectivity index (χ0) is 14.1. The van der Waals surface area contributed by atoms with Crippen molar-refractivity contribution >= 4 is 11.7 Å². The van der Waals surface area contributed by atoms with Crippen LogP contribution in [-0.4, -0.2) is 47.9 Å². The summed E-state index contributed by atoms with van der Waals surface area (Å²) < 4.78 is 0. The fourth-order valence-electron chi connectivity index (χ4n) is 3.46. The summed E-state index contributed by atoms with van der Waals surface area (Å²) in [5, 5.41) is 7.80. The van der Waals surface area contributed by atoms with Gasteiger partial charge in [0.05, 0.1) is 5.56 Å². The van der Waals surface area contributed by atoms with Crippen molar-refractivity contribution in [2.45, 2.75) is 32.2 Å². The summed E-state index contributed by atoms with van der Waals surface area (Å²) in [6, 6.07) is 2.56. The number of nitrogens with one attached hydrogen (secondary N) is 1. The molecule has 0 bridgehead atoms. The molecule has 0 spiro atoms. The first-order valence-corrected chi connectivity index (χ1v) is 7.46. The van der Waals surface area contributed by atoms with Crippen molar-refractivity contribution in [1.82, 2.24) is 9.88 Å². The Balaban J connectivity index is 1.80. The molecule has 108 valence electrons. The first-order valence-electron chi connectivity index (χ1n) is 7.46. The Morgan fingerprint density at radius 1 is 1.35 bits per heavy atom. The van der Waals surface area contributed by atoms with E-state index in [9.17, 15) is 0 Å². The maximum Gasteiger partial charge on any atom is 0.139 e. The van der Waals surface area contributed by atoms with Crippen LogP contribution < -0.4 is 10.6 Å². The van der Waals surface area contributed by atoms with Crippen LogP contribution in [0.5, 0.6) is 0 Å². The lowest BCUT2D eigenvalue weighted by atomic mass is 10.1. The number of nitrogens with two attached hydrogens (primary N) is 1. The van der Waals surface area contributed by atoms with Gasteiger partial charge < -0.3 is 10.6 Å². The summed E-state index contributed by atoms with van der Waals surface area (Å²) in [6.07, 6.45) is 5.67. The number of likely N-dealkylation sites (tertiary alicyclic amines) is 1. The van der Waals surface area contributed by atoms with E-state index >= 15 is 0 Å². The summed E-state index contributed by atoms with van der Waals surface area (Å²) in [4.78, 5) is 9.39. The van der Waals surface area contributed by atoms with Crippen LogP contribution in [0.15, 0.2) is 12.3 Å². The van der Waals surface area contributed by atoms with Gasteiger partial charge in [-0.25, -0.2) is 4.98 Å². The number of hydrogen-bond donors (Lipinski definition) is 2. The van der Waals surface area contributed by atoms with E-state index in [1.165, 1.54) is 32.4 Å². The Kier molecular flexibility index (Phi) is 3.61. The number of nitrogens with zero attached hydrogens (tertiary/aromatic N) is 3. The summed E-state index contributed by atoms with van der Waals surface area (Å²) in [5.74, 6) is 1.01. The molecule has 0 amide bonds. The van der Waals surface area contributed by atoms with Gasteiger partial charge in [0.2, 0.25) is 0 Å². The Hall–Kier alpha value is -1.62. The number of pyridine rings is 1. The molecule has 1 atom stereocenters. The standard InChI is InChI=1S/C15H23N5/c1-11-4-6-18-15(13(11)14(16)17)20-9-5-12(10-20)19-7-2-3-8-19/h4,6,12H,2-3,5,7-10H2,1H3,(H3,16,17). The molecule has 3 heterocycles. The van der Waals surface area contributed by atoms with Gasteiger partial charge in [-0.15, -0.1) is 0 Å². The fraction of sp³-hybridized carbons (Fsp3) is 0.600. The van der Waals surface area contributed by atoms with Crippen molar-refractivity contribution in [3.63, 3.8) is 0 Å². The van der Waals surface area contributed by atoms with Crippen molar-refractivity contribution in [2.75, 3.05) is 31.1 Å². The fourth-order valence-corrected chi connectivity index (χ4v) is 3.46. The first kappa shape index (κ1) is 13.4. The molecule has 1 aromatic rings. The largest absolute Gasteiger partial charge is 0.384 e. The van der Waals surface area contributed by atoms with E-state index in [2.05, 4.69) is 14.8 Å². The van der Waals surface area contributed by atoms with E-state index in [0.29, 0.717) is 6.04 Å². The van der Waals surface area contributed by atoms with Gasteiger partial charge in [0, 0.05) is 25.3 Å². The molecular formula is C15H23N5. The lowest BCUT2D eigenvalue weighted by Crippen LogP contribution is -2.36. The monoisotopic (exact) mass is 273 g/mol. The van der Waals surface area contributed by atoms with Crippen molar-refractivity contribution in [1.29, 1.82) is 5.41 Å². The molecule has 2 fully saturated rings. The zero-order valence-electron chi connectivity index (χ0n) is 12.1. The van der Waals surface area contributed by atoms with Crippen molar-refractivity contribution in [3.05, 3.63) is 23.4 Å². The van der Waals surface area contributed by atoms with Gasteiger partial charge in [0.15, 0.2) is 0 Å². The van der Waals surface area contributed by atoms with Gasteiger partial charge in [-0.1, -0.05) is 0 Å². The van der Waals surface area contributed by atoms with E-state index < -0.39 is 0 Å². The van der Waals surface area contributed by atoms with Crippen LogP contribution >= 0.6 is 0 Å². The molecule has 0 aliphatic carbocycles. The van der Waals surface area contributed by atoms with Crippen LogP contribution in [0, 0.1) is 12.3 Å². The highest BCUT2D eigenvalue weighted by molar-refractivity contribution is 6.01. The van der Waals surface area contributed by atoms with Crippen molar-refractivity contribution < 1.29 is 0 Å². The number of nitrogen functional groups attached to an aromatic ring is 1. The average molecular weight is 273 g/mol. The molecule has 5 nitrogen and oxygen atoms in total. The Bertz CT molecular complexity index is 507. The van der Waals surface area contributed by atoms with Crippen LogP contribution in [-0.2, 0) is 0 Å². The number of amidine groups is 1. The molecule has 0 radical (unpaired) electrons. The predicted octanol–water partition coefficient (Wildman–Crippen LogP) is 1.35.